The van der Waals surface area contributed by atoms with Crippen molar-refractivity contribution in [3.8, 4) is 11.5 Å². The number of pyridine rings is 1. The van der Waals surface area contributed by atoms with Crippen molar-refractivity contribution in [2.24, 2.45) is 13.0 Å². The molecule has 11 nitrogen and oxygen atoms in total. The van der Waals surface area contributed by atoms with E-state index in [2.05, 4.69) is 6.92 Å². The molecule has 0 radical (unpaired) electrons. The zero-order valence-corrected chi connectivity index (χ0v) is 24.5. The Morgan fingerprint density at radius 3 is 2.71 bits per heavy atom. The second-order valence-corrected chi connectivity index (χ2v) is 13.2. The van der Waals surface area contributed by atoms with Gasteiger partial charge in [-0.25, -0.2) is 17.3 Å². The van der Waals surface area contributed by atoms with Crippen LogP contribution in [-0.4, -0.2) is 85.9 Å². The number of likely N-dealkylation sites (tertiary alicyclic amines) is 1. The van der Waals surface area contributed by atoms with E-state index in [1.165, 1.54) is 4.31 Å². The number of ether oxygens (including phenoxy) is 2. The monoisotopic (exact) mass is 587 g/mol. The highest BCUT2D eigenvalue weighted by atomic mass is 32.2. The number of aliphatic carboxylic acids is 1. The van der Waals surface area contributed by atoms with E-state index < -0.39 is 33.9 Å². The van der Waals surface area contributed by atoms with Crippen LogP contribution in [0.15, 0.2) is 42.7 Å². The molecule has 2 saturated heterocycles. The minimum Gasteiger partial charge on any atom is -0.481 e. The predicted octanol–water partition coefficient (Wildman–Crippen LogP) is 1.97. The van der Waals surface area contributed by atoms with Gasteiger partial charge in [-0.05, 0) is 43.0 Å². The maximum Gasteiger partial charge on any atom is 0.308 e. The number of aryl methyl sites for hydroxylation is 1. The second-order valence-electron chi connectivity index (χ2n) is 11.1. The van der Waals surface area contributed by atoms with Crippen molar-refractivity contribution in [2.75, 3.05) is 50.2 Å². The predicted molar refractivity (Wildman–Crippen MR) is 151 cm³/mol. The van der Waals surface area contributed by atoms with Crippen molar-refractivity contribution in [3.05, 3.63) is 48.3 Å². The lowest BCUT2D eigenvalue weighted by Gasteiger charge is -2.30. The summed E-state index contributed by atoms with van der Waals surface area (Å²) in [5.41, 5.74) is 1.59. The second kappa shape index (κ2) is 12.3. The summed E-state index contributed by atoms with van der Waals surface area (Å²) in [5.74, 6) is -1.01. The van der Waals surface area contributed by atoms with Gasteiger partial charge in [-0.3, -0.25) is 14.5 Å². The molecule has 0 saturated carbocycles. The summed E-state index contributed by atoms with van der Waals surface area (Å²) in [6.45, 7) is 3.79. The van der Waals surface area contributed by atoms with Gasteiger partial charge in [0.15, 0.2) is 23.9 Å². The summed E-state index contributed by atoms with van der Waals surface area (Å²) in [7, 11) is -1.43. The van der Waals surface area contributed by atoms with Gasteiger partial charge in [-0.15, -0.1) is 0 Å². The van der Waals surface area contributed by atoms with Crippen molar-refractivity contribution < 1.29 is 37.2 Å². The van der Waals surface area contributed by atoms with Gasteiger partial charge >= 0.3 is 5.97 Å². The number of amides is 1. The lowest BCUT2D eigenvalue weighted by atomic mass is 9.84. The summed E-state index contributed by atoms with van der Waals surface area (Å²) in [5, 5.41) is 10.5. The normalized spacial score (nSPS) is 23.6. The smallest absolute Gasteiger partial charge is 0.308 e. The largest absolute Gasteiger partial charge is 0.481 e. The molecular formula is C29H39N4O7S+. The van der Waals surface area contributed by atoms with Crippen LogP contribution in [0.4, 0.5) is 5.69 Å². The number of nitrogens with zero attached hydrogens (tertiary/aromatic N) is 4. The third-order valence-electron chi connectivity index (χ3n) is 8.35. The maximum absolute atomic E-state index is 13.9. The van der Waals surface area contributed by atoms with Gasteiger partial charge in [0.05, 0.1) is 18.2 Å². The van der Waals surface area contributed by atoms with Crippen LogP contribution < -0.4 is 18.9 Å². The minimum absolute atomic E-state index is 0.0323. The highest BCUT2D eigenvalue weighted by Crippen LogP contribution is 2.43. The van der Waals surface area contributed by atoms with Gasteiger partial charge in [0.2, 0.25) is 22.7 Å². The number of hydrogen-bond acceptors (Lipinski definition) is 7. The first-order valence-corrected chi connectivity index (χ1v) is 15.9. The summed E-state index contributed by atoms with van der Waals surface area (Å²) >= 11 is 0. The van der Waals surface area contributed by atoms with Crippen LogP contribution in [-0.2, 0) is 26.7 Å². The van der Waals surface area contributed by atoms with Crippen molar-refractivity contribution in [1.82, 2.24) is 9.21 Å². The van der Waals surface area contributed by atoms with Crippen LogP contribution >= 0.6 is 0 Å². The highest BCUT2D eigenvalue weighted by Gasteiger charge is 2.48. The number of rotatable bonds is 11. The SMILES string of the molecule is CCCCN(C(=O)CN1C[C@H](c2ccc3c(c2)OCO3)C(C(=O)O)[C@@H]1CCN1CCCS1(=O)=O)c1ccc[n+](C)c1. The standard InChI is InChI=1S/C29H38N4O7S/c1-3-4-13-33(22-7-5-11-30(2)17-22)27(34)19-31-18-23(21-8-9-25-26(16-21)40-20-39-25)28(29(35)36)24(31)10-14-32-12-6-15-41(32,37)38/h5,7-9,11,16-17,23-24,28H,3-4,6,10,12-15,18-20H2,1-2H3/p+1/t23-,24+,28?/m1/s1. The third-order valence-corrected chi connectivity index (χ3v) is 10.3. The van der Waals surface area contributed by atoms with Gasteiger partial charge in [0.25, 0.3) is 0 Å². The Morgan fingerprint density at radius 1 is 1.20 bits per heavy atom. The first-order valence-electron chi connectivity index (χ1n) is 14.3. The van der Waals surface area contributed by atoms with Crippen molar-refractivity contribution >= 4 is 27.6 Å². The Kier molecular flexibility index (Phi) is 8.81. The van der Waals surface area contributed by atoms with Crippen LogP contribution in [0.5, 0.6) is 11.5 Å². The van der Waals surface area contributed by atoms with Crippen LogP contribution in [0.3, 0.4) is 0 Å². The third kappa shape index (κ3) is 6.34. The van der Waals surface area contributed by atoms with Gasteiger partial charge in [-0.2, -0.15) is 0 Å². The molecule has 1 aromatic carbocycles. The Balaban J connectivity index is 1.44. The number of fused-ring (bicyclic) bond motifs is 1. The van der Waals surface area contributed by atoms with Gasteiger partial charge in [0.1, 0.15) is 12.7 Å². The average Bonchev–Trinajstić information content (AvgIpc) is 3.63. The number of anilines is 1. The summed E-state index contributed by atoms with van der Waals surface area (Å²) in [6.07, 6.45) is 6.45. The maximum atomic E-state index is 13.9. The number of carboxylic acid groups (broad SMARTS) is 1. The molecule has 12 heteroatoms. The van der Waals surface area contributed by atoms with Crippen molar-refractivity contribution in [2.45, 2.75) is 44.6 Å². The summed E-state index contributed by atoms with van der Waals surface area (Å²) in [4.78, 5) is 30.4. The minimum atomic E-state index is -3.33. The van der Waals surface area contributed by atoms with E-state index >= 15 is 0 Å². The highest BCUT2D eigenvalue weighted by molar-refractivity contribution is 7.89. The Hall–Kier alpha value is -3.22. The molecule has 3 atom stereocenters. The van der Waals surface area contributed by atoms with E-state index in [1.807, 2.05) is 53.2 Å². The zero-order chi connectivity index (χ0) is 29.1. The molecule has 5 rings (SSSR count). The van der Waals surface area contributed by atoms with Gasteiger partial charge < -0.3 is 19.5 Å². The Labute approximate surface area is 241 Å². The van der Waals surface area contributed by atoms with Gasteiger partial charge in [0, 0.05) is 44.2 Å². The van der Waals surface area contributed by atoms with E-state index in [-0.39, 0.29) is 31.5 Å². The molecular weight excluding hydrogens is 548 g/mol. The van der Waals surface area contributed by atoms with E-state index in [1.54, 1.807) is 11.0 Å². The van der Waals surface area contributed by atoms with E-state index in [9.17, 15) is 23.1 Å². The lowest BCUT2D eigenvalue weighted by molar-refractivity contribution is -0.670. The molecule has 1 unspecified atom stereocenters. The quantitative estimate of drug-likeness (QED) is 0.397. The number of benzene rings is 1. The van der Waals surface area contributed by atoms with Crippen LogP contribution in [0.2, 0.25) is 0 Å². The topological polar surface area (TPSA) is 121 Å². The molecule has 2 fully saturated rings. The summed E-state index contributed by atoms with van der Waals surface area (Å²) < 4.78 is 39.4. The number of hydrogen-bond donors (Lipinski definition) is 1. The summed E-state index contributed by atoms with van der Waals surface area (Å²) in [6, 6.07) is 8.75. The molecule has 3 aliphatic rings. The van der Waals surface area contributed by atoms with Crippen molar-refractivity contribution in [3.63, 3.8) is 0 Å². The van der Waals surface area contributed by atoms with Crippen LogP contribution in [0.25, 0.3) is 0 Å². The fourth-order valence-corrected chi connectivity index (χ4v) is 7.80. The molecule has 0 bridgehead atoms. The zero-order valence-electron chi connectivity index (χ0n) is 23.6. The van der Waals surface area contributed by atoms with E-state index in [4.69, 9.17) is 9.47 Å². The average molecular weight is 588 g/mol. The molecule has 1 aromatic heterocycles. The molecule has 0 spiro atoms. The molecule has 41 heavy (non-hydrogen) atoms. The number of sulfonamides is 1. The number of carbonyl (C=O) groups excluding carboxylic acids is 1. The van der Waals surface area contributed by atoms with Crippen LogP contribution in [0, 0.1) is 5.92 Å². The molecule has 1 N–H and O–H groups in total. The molecule has 0 aliphatic carbocycles. The van der Waals surface area contributed by atoms with Crippen LogP contribution in [0.1, 0.15) is 44.1 Å². The number of carbonyl (C=O) groups is 2. The van der Waals surface area contributed by atoms with Crippen molar-refractivity contribution in [1.29, 1.82) is 0 Å². The molecule has 3 aliphatic heterocycles. The number of aromatic nitrogens is 1. The number of unbranched alkanes of at least 4 members (excludes halogenated alkanes) is 1. The molecule has 2 aromatic rings. The van der Waals surface area contributed by atoms with Gasteiger partial charge in [-0.1, -0.05) is 19.4 Å². The first kappa shape index (κ1) is 29.3. The molecule has 1 amide bonds. The Morgan fingerprint density at radius 2 is 2.00 bits per heavy atom. The lowest BCUT2D eigenvalue weighted by Crippen LogP contribution is -2.46. The number of carboxylic acids is 1. The van der Waals surface area contributed by atoms with E-state index in [0.29, 0.717) is 44.0 Å². The van der Waals surface area contributed by atoms with E-state index in [0.717, 1.165) is 24.1 Å². The first-order chi connectivity index (χ1) is 19.7. The fraction of sp³-hybridized carbons (Fsp3) is 0.552. The fourth-order valence-electron chi connectivity index (χ4n) is 6.26. The Bertz CT molecular complexity index is 1380. The molecule has 4 heterocycles. The molecule has 222 valence electrons.